The summed E-state index contributed by atoms with van der Waals surface area (Å²) in [6.07, 6.45) is 2.81. The normalized spacial score (nSPS) is 29.1. The Balaban J connectivity index is 2.73. The van der Waals surface area contributed by atoms with Crippen molar-refractivity contribution >= 4 is 17.7 Å². The summed E-state index contributed by atoms with van der Waals surface area (Å²) in [5.74, 6) is 0.889. The van der Waals surface area contributed by atoms with Crippen LogP contribution in [0.4, 0.5) is 0 Å². The summed E-state index contributed by atoms with van der Waals surface area (Å²) in [6.45, 7) is 7.46. The molecule has 0 amide bonds. The first kappa shape index (κ1) is 21.1. The molecule has 0 aliphatic carbocycles. The second kappa shape index (κ2) is 8.41. The van der Waals surface area contributed by atoms with Gasteiger partial charge in [-0.15, -0.1) is 0 Å². The summed E-state index contributed by atoms with van der Waals surface area (Å²) in [5, 5.41) is 0. The quantitative estimate of drug-likeness (QED) is 0.306. The van der Waals surface area contributed by atoms with Gasteiger partial charge in [0.1, 0.15) is 0 Å². The third-order valence-corrected chi connectivity index (χ3v) is 6.78. The van der Waals surface area contributed by atoms with E-state index in [-0.39, 0.29) is 11.9 Å². The fourth-order valence-corrected chi connectivity index (χ4v) is 5.01. The number of likely N-dealkylation sites (tertiary alicyclic amines) is 1. The van der Waals surface area contributed by atoms with Crippen LogP contribution < -0.4 is 0 Å². The number of hydrogen-bond acceptors (Lipinski definition) is 3. The van der Waals surface area contributed by atoms with Crippen molar-refractivity contribution in [1.82, 2.24) is 0 Å². The van der Waals surface area contributed by atoms with E-state index in [1.807, 2.05) is 0 Å². The minimum absolute atomic E-state index is 0.126. The van der Waals surface area contributed by atoms with Crippen LogP contribution in [0.15, 0.2) is 0 Å². The van der Waals surface area contributed by atoms with Crippen LogP contribution in [0, 0.1) is 11.8 Å². The van der Waals surface area contributed by atoms with E-state index in [1.54, 1.807) is 0 Å². The highest BCUT2D eigenvalue weighted by molar-refractivity contribution is 7.85. The molecule has 2 unspecified atom stereocenters. The first-order valence-electron chi connectivity index (χ1n) is 8.35. The van der Waals surface area contributed by atoms with Gasteiger partial charge < -0.3 is 14.3 Å². The van der Waals surface area contributed by atoms with Crippen molar-refractivity contribution in [3.63, 3.8) is 0 Å². The third-order valence-electron chi connectivity index (χ3n) is 5.08. The molecule has 0 saturated carbocycles. The number of nitrogens with zero attached hydrogens (tertiary/aromatic N) is 1. The Morgan fingerprint density at radius 1 is 1.04 bits per heavy atom. The first-order valence-corrected chi connectivity index (χ1v) is 11.8. The van der Waals surface area contributed by atoms with Crippen molar-refractivity contribution in [3.8, 4) is 0 Å². The van der Waals surface area contributed by atoms with Gasteiger partial charge in [0.05, 0.1) is 38.1 Å². The molecule has 3 N–H and O–H groups in total. The zero-order valence-electron chi connectivity index (χ0n) is 14.1. The van der Waals surface area contributed by atoms with E-state index in [4.69, 9.17) is 14.3 Å². The van der Waals surface area contributed by atoms with Crippen molar-refractivity contribution in [2.45, 2.75) is 39.5 Å². The molecular weight excluding hydrogens is 341 g/mol. The van der Waals surface area contributed by atoms with Crippen LogP contribution >= 0.6 is 7.60 Å². The Kier molecular flexibility index (Phi) is 7.70. The Morgan fingerprint density at radius 3 is 1.91 bits per heavy atom. The lowest BCUT2D eigenvalue weighted by atomic mass is 9.92. The molecule has 1 aliphatic heterocycles. The van der Waals surface area contributed by atoms with Gasteiger partial charge in [-0.3, -0.25) is 9.12 Å². The molecule has 7 nitrogen and oxygen atoms in total. The molecule has 1 heterocycles. The van der Waals surface area contributed by atoms with E-state index >= 15 is 0 Å². The fraction of sp³-hybridized carbons (Fsp3) is 1.00. The maximum absolute atomic E-state index is 11.1. The predicted octanol–water partition coefficient (Wildman–Crippen LogP) is 1.71. The number of rotatable bonds is 10. The van der Waals surface area contributed by atoms with E-state index in [1.165, 1.54) is 0 Å². The average molecular weight is 372 g/mol. The molecule has 1 fully saturated rings. The molecule has 138 valence electrons. The minimum atomic E-state index is -4.00. The standard InChI is InChI=1S/C14H30NO6PS/c1-3-13-11-15(12-14(13)4-2,7-5-9-22(16,17)18)8-6-10-23(19,20)21/h13-14H,3-12H2,1-2H3,(H2-,16,17,18,19,20,21)/p+1. The third kappa shape index (κ3) is 7.63. The van der Waals surface area contributed by atoms with E-state index in [9.17, 15) is 13.0 Å². The zero-order valence-corrected chi connectivity index (χ0v) is 15.8. The topological polar surface area (TPSA) is 112 Å². The van der Waals surface area contributed by atoms with Crippen molar-refractivity contribution in [2.24, 2.45) is 11.8 Å². The van der Waals surface area contributed by atoms with Gasteiger partial charge in [-0.1, -0.05) is 13.8 Å². The van der Waals surface area contributed by atoms with Crippen molar-refractivity contribution in [1.29, 1.82) is 0 Å². The molecule has 1 saturated heterocycles. The molecule has 0 aromatic heterocycles. The van der Waals surface area contributed by atoms with Crippen LogP contribution in [0.1, 0.15) is 39.5 Å². The van der Waals surface area contributed by atoms with Gasteiger partial charge in [0.25, 0.3) is 10.1 Å². The van der Waals surface area contributed by atoms with Crippen molar-refractivity contribution in [3.05, 3.63) is 0 Å². The number of quaternary nitrogens is 1. The van der Waals surface area contributed by atoms with E-state index in [0.29, 0.717) is 42.2 Å². The van der Waals surface area contributed by atoms with E-state index in [2.05, 4.69) is 13.8 Å². The van der Waals surface area contributed by atoms with Gasteiger partial charge in [0.2, 0.25) is 0 Å². The fourth-order valence-electron chi connectivity index (χ4n) is 3.96. The average Bonchev–Trinajstić information content (AvgIpc) is 2.74. The summed E-state index contributed by atoms with van der Waals surface area (Å²) in [6, 6.07) is 0. The summed E-state index contributed by atoms with van der Waals surface area (Å²) in [5.41, 5.74) is 0. The molecule has 0 aromatic rings. The van der Waals surface area contributed by atoms with Gasteiger partial charge in [-0.25, -0.2) is 0 Å². The molecule has 0 spiro atoms. The maximum atomic E-state index is 11.1. The highest BCUT2D eigenvalue weighted by Gasteiger charge is 2.43. The molecule has 1 aliphatic rings. The molecule has 9 heteroatoms. The molecule has 23 heavy (non-hydrogen) atoms. The Labute approximate surface area is 139 Å². The second-order valence-electron chi connectivity index (χ2n) is 6.87. The van der Waals surface area contributed by atoms with Gasteiger partial charge in [0, 0.05) is 24.7 Å². The van der Waals surface area contributed by atoms with E-state index in [0.717, 1.165) is 25.9 Å². The smallest absolute Gasteiger partial charge is 0.324 e. The Hall–Kier alpha value is 0.0200. The lowest BCUT2D eigenvalue weighted by molar-refractivity contribution is -0.919. The van der Waals surface area contributed by atoms with Crippen LogP contribution in [-0.4, -0.2) is 65.3 Å². The van der Waals surface area contributed by atoms with Crippen LogP contribution in [0.3, 0.4) is 0 Å². The molecular formula is C14H31NO6PS+. The predicted molar refractivity (Wildman–Crippen MR) is 89.9 cm³/mol. The summed E-state index contributed by atoms with van der Waals surface area (Å²) in [7, 11) is -7.95. The highest BCUT2D eigenvalue weighted by Crippen LogP contribution is 2.38. The van der Waals surface area contributed by atoms with Gasteiger partial charge in [-0.05, 0) is 12.8 Å². The molecule has 0 aromatic carbocycles. The Bertz CT molecular complexity index is 505. The van der Waals surface area contributed by atoms with Crippen molar-refractivity contribution < 1.29 is 31.8 Å². The number of hydrogen-bond donors (Lipinski definition) is 3. The molecule has 2 atom stereocenters. The summed E-state index contributed by atoms with van der Waals surface area (Å²) < 4.78 is 42.6. The second-order valence-corrected chi connectivity index (χ2v) is 10.2. The Morgan fingerprint density at radius 2 is 1.52 bits per heavy atom. The van der Waals surface area contributed by atoms with Gasteiger partial charge in [0.15, 0.2) is 0 Å². The van der Waals surface area contributed by atoms with Crippen molar-refractivity contribution in [2.75, 3.05) is 38.1 Å². The molecule has 1 rings (SSSR count). The lowest BCUT2D eigenvalue weighted by Gasteiger charge is -2.35. The summed E-state index contributed by atoms with van der Waals surface area (Å²) >= 11 is 0. The van der Waals surface area contributed by atoms with Gasteiger partial charge >= 0.3 is 7.60 Å². The zero-order chi connectivity index (χ0) is 17.7. The van der Waals surface area contributed by atoms with Crippen LogP contribution in [-0.2, 0) is 14.7 Å². The first-order chi connectivity index (χ1) is 10.5. The largest absolute Gasteiger partial charge is 0.325 e. The highest BCUT2D eigenvalue weighted by atomic mass is 32.2. The summed E-state index contributed by atoms with van der Waals surface area (Å²) in [4.78, 5) is 18.1. The maximum Gasteiger partial charge on any atom is 0.325 e. The van der Waals surface area contributed by atoms with E-state index < -0.39 is 17.7 Å². The van der Waals surface area contributed by atoms with Gasteiger partial charge in [-0.2, -0.15) is 8.42 Å². The lowest BCUT2D eigenvalue weighted by Crippen LogP contribution is -2.48. The SMILES string of the molecule is CCC1C[N+](CCCP(=O)(O)O)(CCCS(=O)(=O)O)CC1CC. The van der Waals surface area contributed by atoms with Crippen LogP contribution in [0.2, 0.25) is 0 Å². The molecule has 0 radical (unpaired) electrons. The van der Waals surface area contributed by atoms with Crippen LogP contribution in [0.5, 0.6) is 0 Å². The molecule has 0 bridgehead atoms. The van der Waals surface area contributed by atoms with Crippen LogP contribution in [0.25, 0.3) is 0 Å². The monoisotopic (exact) mass is 372 g/mol. The minimum Gasteiger partial charge on any atom is -0.324 e.